The number of amides is 1. The van der Waals surface area contributed by atoms with Crippen LogP contribution >= 0.6 is 0 Å². The molecule has 1 amide bonds. The third-order valence-electron chi connectivity index (χ3n) is 2.90. The fourth-order valence-corrected chi connectivity index (χ4v) is 2.23. The van der Waals surface area contributed by atoms with Gasteiger partial charge in [-0.25, -0.2) is 0 Å². The second-order valence-corrected chi connectivity index (χ2v) is 3.58. The number of carbonyl (C=O) groups is 2. The summed E-state index contributed by atoms with van der Waals surface area (Å²) in [6.45, 7) is 0.470. The third kappa shape index (κ3) is 1.11. The van der Waals surface area contributed by atoms with Gasteiger partial charge in [0.25, 0.3) is 5.91 Å². The van der Waals surface area contributed by atoms with Gasteiger partial charge < -0.3 is 15.1 Å². The minimum absolute atomic E-state index is 0.274. The van der Waals surface area contributed by atoms with Crippen molar-refractivity contribution in [3.8, 4) is 0 Å². The molecular weight excluding hydrogens is 174 g/mol. The fourth-order valence-electron chi connectivity index (χ4n) is 2.23. The summed E-state index contributed by atoms with van der Waals surface area (Å²) < 4.78 is 0. The lowest BCUT2D eigenvalue weighted by molar-refractivity contribution is -0.142. The van der Waals surface area contributed by atoms with Crippen molar-refractivity contribution in [2.24, 2.45) is 5.92 Å². The van der Waals surface area contributed by atoms with Crippen LogP contribution in [0.2, 0.25) is 0 Å². The summed E-state index contributed by atoms with van der Waals surface area (Å²) in [5.41, 5.74) is 0. The van der Waals surface area contributed by atoms with Crippen molar-refractivity contribution in [2.75, 3.05) is 6.54 Å². The van der Waals surface area contributed by atoms with Crippen LogP contribution in [-0.2, 0) is 9.59 Å². The predicted octanol–water partition coefficient (Wildman–Crippen LogP) is -0.947. The van der Waals surface area contributed by atoms with Crippen LogP contribution in [0.15, 0.2) is 0 Å². The average Bonchev–Trinajstić information content (AvgIpc) is 2.55. The number of nitrogens with zero attached hydrogens (tertiary/aromatic N) is 1. The molecule has 2 aliphatic heterocycles. The van der Waals surface area contributed by atoms with E-state index in [1.807, 2.05) is 0 Å². The number of carboxylic acid groups (broad SMARTS) is 1. The highest BCUT2D eigenvalue weighted by Crippen LogP contribution is 2.33. The third-order valence-corrected chi connectivity index (χ3v) is 2.90. The number of aliphatic hydroxyl groups excluding tert-OH is 1. The summed E-state index contributed by atoms with van der Waals surface area (Å²) in [5.74, 6) is -1.66. The van der Waals surface area contributed by atoms with E-state index in [-0.39, 0.29) is 18.4 Å². The van der Waals surface area contributed by atoms with E-state index < -0.39 is 18.0 Å². The van der Waals surface area contributed by atoms with Gasteiger partial charge >= 0.3 is 5.97 Å². The largest absolute Gasteiger partial charge is 0.481 e. The Labute approximate surface area is 75.0 Å². The van der Waals surface area contributed by atoms with Crippen LogP contribution < -0.4 is 0 Å². The predicted molar refractivity (Wildman–Crippen MR) is 41.9 cm³/mol. The Kier molecular flexibility index (Phi) is 1.76. The van der Waals surface area contributed by atoms with Gasteiger partial charge in [0.1, 0.15) is 6.10 Å². The normalized spacial score (nSPS) is 38.1. The molecule has 5 heteroatoms. The quantitative estimate of drug-likeness (QED) is 0.552. The first-order valence-electron chi connectivity index (χ1n) is 4.32. The first kappa shape index (κ1) is 8.50. The van der Waals surface area contributed by atoms with Crippen LogP contribution in [0.4, 0.5) is 0 Å². The Morgan fingerprint density at radius 1 is 1.54 bits per heavy atom. The number of hydrogen-bond donors (Lipinski definition) is 2. The summed E-state index contributed by atoms with van der Waals surface area (Å²) >= 11 is 0. The van der Waals surface area contributed by atoms with Crippen LogP contribution in [-0.4, -0.2) is 45.7 Å². The molecule has 2 rings (SSSR count). The second-order valence-electron chi connectivity index (χ2n) is 3.58. The molecule has 0 spiro atoms. The Bertz CT molecular complexity index is 263. The highest BCUT2D eigenvalue weighted by molar-refractivity contribution is 5.85. The van der Waals surface area contributed by atoms with Crippen molar-refractivity contribution in [3.05, 3.63) is 0 Å². The van der Waals surface area contributed by atoms with Crippen molar-refractivity contribution in [1.29, 1.82) is 0 Å². The zero-order valence-electron chi connectivity index (χ0n) is 7.01. The summed E-state index contributed by atoms with van der Waals surface area (Å²) in [4.78, 5) is 23.5. The molecule has 0 bridgehead atoms. The molecule has 5 nitrogen and oxygen atoms in total. The van der Waals surface area contributed by atoms with E-state index >= 15 is 0 Å². The number of carboxylic acids is 1. The van der Waals surface area contributed by atoms with Gasteiger partial charge in [0, 0.05) is 19.0 Å². The molecule has 0 aromatic heterocycles. The number of rotatable bonds is 1. The van der Waals surface area contributed by atoms with E-state index in [9.17, 15) is 14.7 Å². The molecule has 2 aliphatic rings. The summed E-state index contributed by atoms with van der Waals surface area (Å²) in [6, 6.07) is -0.278. The molecule has 72 valence electrons. The summed E-state index contributed by atoms with van der Waals surface area (Å²) in [6.07, 6.45) is -0.194. The van der Waals surface area contributed by atoms with E-state index in [1.54, 1.807) is 0 Å². The second kappa shape index (κ2) is 2.70. The smallest absolute Gasteiger partial charge is 0.308 e. The van der Waals surface area contributed by atoms with Gasteiger partial charge in [-0.15, -0.1) is 0 Å². The first-order chi connectivity index (χ1) is 6.11. The van der Waals surface area contributed by atoms with Gasteiger partial charge in [0.2, 0.25) is 0 Å². The van der Waals surface area contributed by atoms with E-state index in [0.29, 0.717) is 13.0 Å². The molecular formula is C8H11NO4. The van der Waals surface area contributed by atoms with Crippen molar-refractivity contribution < 1.29 is 19.8 Å². The number of aliphatic hydroxyl groups is 1. The van der Waals surface area contributed by atoms with E-state index in [0.717, 1.165) is 0 Å². The lowest BCUT2D eigenvalue weighted by atomic mass is 9.98. The zero-order valence-corrected chi connectivity index (χ0v) is 7.01. The molecule has 2 unspecified atom stereocenters. The highest BCUT2D eigenvalue weighted by Gasteiger charge is 2.48. The molecule has 2 heterocycles. The zero-order chi connectivity index (χ0) is 9.59. The monoisotopic (exact) mass is 185 g/mol. The van der Waals surface area contributed by atoms with Gasteiger partial charge in [-0.3, -0.25) is 9.59 Å². The number of carbonyl (C=O) groups excluding carboxylic acids is 1. The van der Waals surface area contributed by atoms with Gasteiger partial charge in [-0.1, -0.05) is 0 Å². The minimum atomic E-state index is -0.979. The van der Waals surface area contributed by atoms with Crippen molar-refractivity contribution in [3.63, 3.8) is 0 Å². The van der Waals surface area contributed by atoms with Crippen molar-refractivity contribution >= 4 is 11.9 Å². The lowest BCUT2D eigenvalue weighted by Gasteiger charge is -2.16. The fraction of sp³-hybridized carbons (Fsp3) is 0.750. The maximum atomic E-state index is 11.2. The molecule has 0 saturated carbocycles. The SMILES string of the molecule is O=C(O)[C@@H]1CCN2C(=O)C(O)CC12. The summed E-state index contributed by atoms with van der Waals surface area (Å²) in [7, 11) is 0. The number of aliphatic carboxylic acids is 1. The maximum absolute atomic E-state index is 11.2. The Morgan fingerprint density at radius 3 is 2.85 bits per heavy atom. The topological polar surface area (TPSA) is 77.8 Å². The Hall–Kier alpha value is -1.10. The Balaban J connectivity index is 2.18. The molecule has 3 atom stereocenters. The van der Waals surface area contributed by atoms with Crippen LogP contribution in [0.3, 0.4) is 0 Å². The molecule has 0 radical (unpaired) electrons. The van der Waals surface area contributed by atoms with Crippen LogP contribution in [0.25, 0.3) is 0 Å². The van der Waals surface area contributed by atoms with E-state index in [4.69, 9.17) is 5.11 Å². The molecule has 2 fully saturated rings. The van der Waals surface area contributed by atoms with Crippen LogP contribution in [0, 0.1) is 5.92 Å². The van der Waals surface area contributed by atoms with Gasteiger partial charge in [0.05, 0.1) is 5.92 Å². The molecule has 0 aliphatic carbocycles. The Morgan fingerprint density at radius 2 is 2.23 bits per heavy atom. The lowest BCUT2D eigenvalue weighted by Crippen LogP contribution is -2.32. The minimum Gasteiger partial charge on any atom is -0.481 e. The van der Waals surface area contributed by atoms with Gasteiger partial charge in [-0.2, -0.15) is 0 Å². The van der Waals surface area contributed by atoms with E-state index in [1.165, 1.54) is 4.90 Å². The van der Waals surface area contributed by atoms with Crippen LogP contribution in [0.5, 0.6) is 0 Å². The molecule has 13 heavy (non-hydrogen) atoms. The number of hydrogen-bond acceptors (Lipinski definition) is 3. The maximum Gasteiger partial charge on any atom is 0.308 e. The van der Waals surface area contributed by atoms with Gasteiger partial charge in [0.15, 0.2) is 0 Å². The van der Waals surface area contributed by atoms with Gasteiger partial charge in [-0.05, 0) is 6.42 Å². The number of fused-ring (bicyclic) bond motifs is 1. The van der Waals surface area contributed by atoms with Crippen molar-refractivity contribution in [1.82, 2.24) is 4.90 Å². The standard InChI is InChI=1S/C8H11NO4/c10-6-3-5-4(8(12)13)1-2-9(5)7(6)11/h4-6,10H,1-3H2,(H,12,13)/t4-,5?,6?/m1/s1. The molecule has 2 N–H and O–H groups in total. The summed E-state index contributed by atoms with van der Waals surface area (Å²) in [5, 5.41) is 18.0. The van der Waals surface area contributed by atoms with Crippen LogP contribution in [0.1, 0.15) is 12.8 Å². The molecule has 0 aromatic carbocycles. The molecule has 2 saturated heterocycles. The molecule has 0 aromatic rings. The average molecular weight is 185 g/mol. The highest BCUT2D eigenvalue weighted by atomic mass is 16.4. The van der Waals surface area contributed by atoms with E-state index in [2.05, 4.69) is 0 Å². The van der Waals surface area contributed by atoms with Crippen molar-refractivity contribution in [2.45, 2.75) is 25.0 Å². The first-order valence-corrected chi connectivity index (χ1v) is 4.32.